The molecule has 40 heteroatoms. The molecule has 1 aliphatic rings. The highest BCUT2D eigenvalue weighted by Crippen LogP contribution is 2.21. The number of amides is 5. The number of aliphatic carboxylic acids is 2. The summed E-state index contributed by atoms with van der Waals surface area (Å²) in [5.74, 6) is 8.11. The lowest BCUT2D eigenvalue weighted by Crippen LogP contribution is -2.37. The van der Waals surface area contributed by atoms with Crippen LogP contribution < -0.4 is 39.1 Å². The summed E-state index contributed by atoms with van der Waals surface area (Å²) in [5, 5.41) is 25.5. The zero-order valence-corrected chi connectivity index (χ0v) is 64.2. The third-order valence-corrected chi connectivity index (χ3v) is 17.6. The summed E-state index contributed by atoms with van der Waals surface area (Å²) in [5.41, 5.74) is 12.5. The maximum atomic E-state index is 11.8. The molecule has 0 bridgehead atoms. The van der Waals surface area contributed by atoms with Crippen molar-refractivity contribution in [2.45, 2.75) is 188 Å². The van der Waals surface area contributed by atoms with Gasteiger partial charge in [-0.2, -0.15) is 30.3 Å². The molecule has 4 atom stereocenters. The predicted molar refractivity (Wildman–Crippen MR) is 396 cm³/mol. The van der Waals surface area contributed by atoms with Gasteiger partial charge in [0.15, 0.2) is 25.6 Å². The van der Waals surface area contributed by atoms with Crippen LogP contribution in [-0.2, 0) is 98.7 Å². The molecule has 0 aromatic carbocycles. The topological polar surface area (TPSA) is 538 Å². The van der Waals surface area contributed by atoms with Gasteiger partial charge in [-0.3, -0.25) is 113 Å². The van der Waals surface area contributed by atoms with Crippen molar-refractivity contribution in [1.82, 2.24) is 15.2 Å². The van der Waals surface area contributed by atoms with E-state index in [4.69, 9.17) is 34.1 Å². The lowest BCUT2D eigenvalue weighted by atomic mass is 9.95. The molecule has 30 nitrogen and oxygen atoms in total. The van der Waals surface area contributed by atoms with Gasteiger partial charge in [-0.25, -0.2) is 5.84 Å². The van der Waals surface area contributed by atoms with Crippen molar-refractivity contribution >= 4 is 211 Å². The number of nitrogens with one attached hydrogen (secondary N) is 2. The molecule has 1 aliphatic heterocycles. The molecule has 0 aromatic rings. The van der Waals surface area contributed by atoms with Crippen molar-refractivity contribution in [2.24, 2.45) is 51.1 Å². The molecule has 1 saturated heterocycles. The molecule has 0 aliphatic carbocycles. The van der Waals surface area contributed by atoms with Crippen LogP contribution in [-0.4, -0.2) is 182 Å². The van der Waals surface area contributed by atoms with Crippen molar-refractivity contribution in [3.63, 3.8) is 0 Å². The Morgan fingerprint density at radius 1 is 0.545 bits per heavy atom. The van der Waals surface area contributed by atoms with E-state index in [2.05, 4.69) is 76.7 Å². The molecule has 1 fully saturated rings. The minimum Gasteiger partial charge on any atom is -0.481 e. The van der Waals surface area contributed by atoms with Crippen molar-refractivity contribution in [3.05, 3.63) is 0 Å². The molecular weight excluding hydrogens is 1480 g/mol. The normalized spacial score (nSPS) is 12.1. The lowest BCUT2D eigenvalue weighted by Gasteiger charge is -2.13. The van der Waals surface area contributed by atoms with Crippen LogP contribution >= 0.6 is 96.9 Å². The third-order valence-electron chi connectivity index (χ3n) is 12.2. The Bertz CT molecular complexity index is 2510. The summed E-state index contributed by atoms with van der Waals surface area (Å²) >= 11 is 20.5. The number of imide groups is 1. The quantitative estimate of drug-likeness (QED) is 0.00705. The number of hydrazine groups is 2. The molecule has 99 heavy (non-hydrogen) atoms. The summed E-state index contributed by atoms with van der Waals surface area (Å²) in [6.07, 6.45) is 11.9. The van der Waals surface area contributed by atoms with Crippen LogP contribution in [0.25, 0.3) is 0 Å². The zero-order chi connectivity index (χ0) is 78.6. The number of carbonyl (C=O) groups is 18. The Hall–Kier alpha value is -4.43. The van der Waals surface area contributed by atoms with Crippen LogP contribution in [0.15, 0.2) is 4.36 Å². The number of rotatable bonds is 44. The summed E-state index contributed by atoms with van der Waals surface area (Å²) in [4.78, 5) is 198. The number of alkyl halides is 1. The van der Waals surface area contributed by atoms with Gasteiger partial charge in [0, 0.05) is 122 Å². The molecule has 570 valence electrons. The van der Waals surface area contributed by atoms with E-state index in [0.29, 0.717) is 83.6 Å². The van der Waals surface area contributed by atoms with Crippen LogP contribution in [0.1, 0.15) is 184 Å². The second-order valence-corrected chi connectivity index (χ2v) is 27.4. The van der Waals surface area contributed by atoms with Gasteiger partial charge in [-0.1, -0.05) is 117 Å². The Morgan fingerprint density at radius 3 is 1.19 bits per heavy atom. The minimum atomic E-state index is -1.01. The average molecular weight is 1580 g/mol. The SMILES string of the molecule is CC(=O)SCC(=O)CCCCCC(CC(=O)CSC(C)=O)C(=O)N=S.CC(=O)SCC(=O)CCCCCC(CC(=O)CSC(C)=O)C(=O)O.CC(=O)SCC(=O)NS.NCCCCC(N)C(=O)O.NN.NNC(=O)C(CCCCCC(=O)CS)CC(=O)CS.O=C1CCC(=O)N1O.[2H]CF. The van der Waals surface area contributed by atoms with E-state index in [1.807, 2.05) is 0 Å². The largest absolute Gasteiger partial charge is 0.481 e. The predicted octanol–water partition coefficient (Wildman–Crippen LogP) is 5.24. The van der Waals surface area contributed by atoms with Crippen LogP contribution in [0.2, 0.25) is 0 Å². The van der Waals surface area contributed by atoms with Crippen LogP contribution in [0, 0.1) is 17.8 Å². The van der Waals surface area contributed by atoms with E-state index in [1.54, 1.807) is 0 Å². The zero-order valence-electron chi connectivity index (χ0n) is 57.6. The highest BCUT2D eigenvalue weighted by atomic mass is 32.2. The molecule has 15 N–H and O–H groups in total. The summed E-state index contributed by atoms with van der Waals surface area (Å²) in [6.45, 7) is 7.61. The number of ketones is 6. The van der Waals surface area contributed by atoms with E-state index in [1.165, 1.54) is 34.6 Å². The lowest BCUT2D eigenvalue weighted by molar-refractivity contribution is -0.171. The van der Waals surface area contributed by atoms with Gasteiger partial charge in [-0.15, -0.1) is 4.36 Å². The van der Waals surface area contributed by atoms with Gasteiger partial charge in [-0.05, 0) is 57.9 Å². The van der Waals surface area contributed by atoms with Gasteiger partial charge in [0.25, 0.3) is 17.7 Å². The molecule has 0 aromatic heterocycles. The first-order chi connectivity index (χ1) is 47.0. The number of hydrogen-bond donors (Lipinski definition) is 13. The number of carboxylic acids is 2. The van der Waals surface area contributed by atoms with Crippen molar-refractivity contribution < 1.29 is 107 Å². The minimum absolute atomic E-state index is 0.0152. The van der Waals surface area contributed by atoms with Gasteiger partial charge in [0.1, 0.15) is 40.7 Å². The number of carboxylic acid groups (broad SMARTS) is 2. The molecule has 1 heterocycles. The fraction of sp³-hybridized carbons (Fsp3) is 0.695. The Kier molecular flexibility index (Phi) is 79.7. The van der Waals surface area contributed by atoms with Gasteiger partial charge in [0.2, 0.25) is 11.8 Å². The van der Waals surface area contributed by atoms with E-state index >= 15 is 0 Å². The number of nitrogens with two attached hydrogens (primary N) is 5. The highest BCUT2D eigenvalue weighted by Gasteiger charge is 2.27. The fourth-order valence-electron chi connectivity index (χ4n) is 7.17. The number of hydroxylamine groups is 2. The fourth-order valence-corrected chi connectivity index (χ4v) is 10.2. The highest BCUT2D eigenvalue weighted by molar-refractivity contribution is 8.15. The number of nitrogens with zero attached hydrogens (tertiary/aromatic N) is 2. The second-order valence-electron chi connectivity index (χ2n) is 20.6. The van der Waals surface area contributed by atoms with Gasteiger partial charge < -0.3 is 26.4 Å². The summed E-state index contributed by atoms with van der Waals surface area (Å²) in [6, 6.07) is -0.716. The number of unbranched alkanes of at least 4 members (excludes halogenated alkanes) is 7. The number of halogens is 1. The summed E-state index contributed by atoms with van der Waals surface area (Å²) < 4.78 is 20.8. The van der Waals surface area contributed by atoms with Crippen LogP contribution in [0.5, 0.6) is 0 Å². The molecule has 0 spiro atoms. The number of hydrogen-bond acceptors (Lipinski definition) is 33. The third kappa shape index (κ3) is 77.6. The maximum Gasteiger partial charge on any atom is 0.320 e. The molecule has 4 unspecified atom stereocenters. The Morgan fingerprint density at radius 2 is 0.879 bits per heavy atom. The van der Waals surface area contributed by atoms with Crippen molar-refractivity contribution in [2.75, 3.05) is 54.0 Å². The monoisotopic (exact) mass is 1580 g/mol. The first-order valence-electron chi connectivity index (χ1n) is 31.1. The maximum absolute atomic E-state index is 11.8. The van der Waals surface area contributed by atoms with Crippen molar-refractivity contribution in [3.8, 4) is 0 Å². The second kappa shape index (κ2) is 74.7. The molecule has 1 rings (SSSR count). The number of Topliss-reactive ketones (excluding diaryl/α,β-unsaturated/α-hetero) is 6. The van der Waals surface area contributed by atoms with E-state index in [-0.39, 0.29) is 150 Å². The Labute approximate surface area is 623 Å². The first kappa shape index (κ1) is 106. The molecule has 0 radical (unpaired) electrons. The van der Waals surface area contributed by atoms with Crippen molar-refractivity contribution in [1.29, 1.82) is 0 Å². The van der Waals surface area contributed by atoms with Gasteiger partial charge in [0.05, 0.1) is 43.2 Å². The number of carbonyl (C=O) groups excluding carboxylic acids is 16. The smallest absolute Gasteiger partial charge is 0.320 e. The average Bonchev–Trinajstić information content (AvgIpc) is 1.74. The molecular formula is C59H102FN9O21S9. The molecule has 0 saturated carbocycles. The van der Waals surface area contributed by atoms with E-state index in [0.717, 1.165) is 97.3 Å². The van der Waals surface area contributed by atoms with E-state index in [9.17, 15) is 90.7 Å². The first-order valence-corrected chi connectivity index (χ1v) is 37.4. The van der Waals surface area contributed by atoms with Crippen LogP contribution in [0.3, 0.4) is 0 Å². The van der Waals surface area contributed by atoms with E-state index < -0.39 is 60.6 Å². The number of thiol groups is 3. The Balaban J connectivity index is -0.000000214. The molecule has 5 amide bonds. The summed E-state index contributed by atoms with van der Waals surface area (Å²) in [7, 11) is -1.00. The number of thioether (sulfide) groups is 5. The van der Waals surface area contributed by atoms with Crippen LogP contribution in [0.4, 0.5) is 4.39 Å². The van der Waals surface area contributed by atoms with Gasteiger partial charge >= 0.3 is 11.9 Å². The standard InChI is InChI=1S/C16H23NO5S3.C16H24O6S2.C12H22N2O3S2.C6H14N2O2.C4H5NO3.C4H7NO2S2.CH3F.H4N2/c1-11(18)24-9-14(20)7-5-3-4-6-13(16(22)17-23)8-15(21)10-25-12(2)19;1-11(17)23-9-14(19)7-5-3-4-6-13(16(21)22)8-15(20)10-24-12(2)18;13-14-12(17)9(6-11(16)8-19)4-2-1-3-5-10(15)7-18;7-4-2-1-3-5(8)6(9)10;6-3-1-2-4(7)5(3)8;1-3(6)9-2-4(7)5-8;2*1-2/h13H,3-10H2,1-2H3;13H,3-10H2,1-2H3,(H,21,22);9,18-19H,1-8,13H2,(H,14,17);5H,1-4,7-8H2,(H,9,10);8H,1-2H2;8H,2H2,1H3,(H,5,7);1H3;1-2H2/i;;;;;;1D;.